The minimum Gasteiger partial charge on any atom is -0.387 e. The first kappa shape index (κ1) is 14.9. The monoisotopic (exact) mass is 275 g/mol. The van der Waals surface area contributed by atoms with Crippen LogP contribution in [0.25, 0.3) is 0 Å². The molecule has 1 aliphatic carbocycles. The Kier molecular flexibility index (Phi) is 4.65. The predicted octanol–water partition coefficient (Wildman–Crippen LogP) is 2.33. The minimum atomic E-state index is 0.00285. The van der Waals surface area contributed by atoms with E-state index < -0.39 is 0 Å². The molecule has 0 radical (unpaired) electrons. The van der Waals surface area contributed by atoms with Crippen LogP contribution < -0.4 is 10.6 Å². The van der Waals surface area contributed by atoms with Gasteiger partial charge in [-0.2, -0.15) is 0 Å². The van der Waals surface area contributed by atoms with E-state index in [2.05, 4.69) is 29.6 Å². The van der Waals surface area contributed by atoms with Gasteiger partial charge in [0.25, 0.3) is 5.91 Å². The lowest BCUT2D eigenvalue weighted by atomic mass is 9.96. The molecular formula is C16H25N3O. The molecule has 1 aromatic carbocycles. The number of rotatable bonds is 5. The maximum Gasteiger partial charge on any atom is 0.253 e. The van der Waals surface area contributed by atoms with Crippen LogP contribution in [0.15, 0.2) is 24.3 Å². The lowest BCUT2D eigenvalue weighted by Gasteiger charge is -2.36. The molecular weight excluding hydrogens is 250 g/mol. The van der Waals surface area contributed by atoms with Crippen LogP contribution in [0, 0.1) is 0 Å². The molecule has 0 aromatic heterocycles. The largest absolute Gasteiger partial charge is 0.387 e. The van der Waals surface area contributed by atoms with E-state index in [0.717, 1.165) is 25.1 Å². The summed E-state index contributed by atoms with van der Waals surface area (Å²) < 4.78 is 0. The molecule has 1 saturated carbocycles. The molecule has 0 aliphatic heterocycles. The van der Waals surface area contributed by atoms with Crippen molar-refractivity contribution < 1.29 is 4.79 Å². The van der Waals surface area contributed by atoms with E-state index in [0.29, 0.717) is 5.56 Å². The smallest absolute Gasteiger partial charge is 0.253 e. The van der Waals surface area contributed by atoms with Gasteiger partial charge in [-0.25, -0.2) is 0 Å². The van der Waals surface area contributed by atoms with Gasteiger partial charge in [0.2, 0.25) is 0 Å². The number of nitrogens with zero attached hydrogens (tertiary/aromatic N) is 1. The molecule has 4 nitrogen and oxygen atoms in total. The standard InChI is InChI=1S/C16H25N3O/c1-17-14-9-5-4-8-13(14)15(20)18-12-16(19(2)3)10-6-7-11-16/h4-5,8-9,17H,6-7,10-12H2,1-3H3,(H,18,20). The van der Waals surface area contributed by atoms with E-state index in [9.17, 15) is 4.79 Å². The average molecular weight is 275 g/mol. The van der Waals surface area contributed by atoms with Crippen molar-refractivity contribution in [3.8, 4) is 0 Å². The van der Waals surface area contributed by atoms with Gasteiger partial charge in [-0.05, 0) is 39.1 Å². The quantitative estimate of drug-likeness (QED) is 0.867. The lowest BCUT2D eigenvalue weighted by molar-refractivity contribution is 0.0901. The van der Waals surface area contributed by atoms with Gasteiger partial charge in [-0.1, -0.05) is 25.0 Å². The maximum atomic E-state index is 12.4. The molecule has 1 fully saturated rings. The topological polar surface area (TPSA) is 44.4 Å². The predicted molar refractivity (Wildman–Crippen MR) is 83.2 cm³/mol. The molecule has 0 atom stereocenters. The molecule has 110 valence electrons. The van der Waals surface area contributed by atoms with Gasteiger partial charge in [-0.3, -0.25) is 4.79 Å². The number of carbonyl (C=O) groups excluding carboxylic acids is 1. The van der Waals surface area contributed by atoms with Crippen LogP contribution in [-0.2, 0) is 0 Å². The Balaban J connectivity index is 2.05. The van der Waals surface area contributed by atoms with Crippen LogP contribution >= 0.6 is 0 Å². The Bertz CT molecular complexity index is 465. The second-order valence-electron chi connectivity index (χ2n) is 5.80. The third kappa shape index (κ3) is 2.96. The van der Waals surface area contributed by atoms with Gasteiger partial charge < -0.3 is 15.5 Å². The van der Waals surface area contributed by atoms with Crippen molar-refractivity contribution in [2.45, 2.75) is 31.2 Å². The second kappa shape index (κ2) is 6.27. The Morgan fingerprint density at radius 2 is 1.90 bits per heavy atom. The van der Waals surface area contributed by atoms with Crippen LogP contribution in [-0.4, -0.2) is 44.0 Å². The van der Waals surface area contributed by atoms with Gasteiger partial charge >= 0.3 is 0 Å². The molecule has 0 spiro atoms. The molecule has 20 heavy (non-hydrogen) atoms. The Hall–Kier alpha value is -1.55. The van der Waals surface area contributed by atoms with Crippen LogP contribution in [0.4, 0.5) is 5.69 Å². The zero-order valence-electron chi connectivity index (χ0n) is 12.7. The van der Waals surface area contributed by atoms with Crippen molar-refractivity contribution in [1.29, 1.82) is 0 Å². The summed E-state index contributed by atoms with van der Waals surface area (Å²) in [5, 5.41) is 6.18. The number of para-hydroxylation sites is 1. The van der Waals surface area contributed by atoms with Crippen molar-refractivity contribution in [1.82, 2.24) is 10.2 Å². The molecule has 0 unspecified atom stereocenters. The normalized spacial score (nSPS) is 17.2. The van der Waals surface area contributed by atoms with Gasteiger partial charge in [0, 0.05) is 24.8 Å². The van der Waals surface area contributed by atoms with E-state index in [1.807, 2.05) is 31.3 Å². The molecule has 1 amide bonds. The highest BCUT2D eigenvalue weighted by Gasteiger charge is 2.36. The second-order valence-corrected chi connectivity index (χ2v) is 5.80. The van der Waals surface area contributed by atoms with Crippen LogP contribution in [0.5, 0.6) is 0 Å². The summed E-state index contributed by atoms with van der Waals surface area (Å²) >= 11 is 0. The fourth-order valence-electron chi connectivity index (χ4n) is 3.05. The number of benzene rings is 1. The van der Waals surface area contributed by atoms with Gasteiger partial charge in [0.05, 0.1) is 5.56 Å². The minimum absolute atomic E-state index is 0.00285. The fraction of sp³-hybridized carbons (Fsp3) is 0.562. The molecule has 4 heteroatoms. The maximum absolute atomic E-state index is 12.4. The SMILES string of the molecule is CNc1ccccc1C(=O)NCC1(N(C)C)CCCC1. The zero-order valence-corrected chi connectivity index (χ0v) is 12.7. The van der Waals surface area contributed by atoms with E-state index in [4.69, 9.17) is 0 Å². The number of nitrogens with one attached hydrogen (secondary N) is 2. The zero-order chi connectivity index (χ0) is 14.6. The first-order chi connectivity index (χ1) is 9.59. The first-order valence-corrected chi connectivity index (χ1v) is 7.31. The van der Waals surface area contributed by atoms with Crippen LogP contribution in [0.2, 0.25) is 0 Å². The van der Waals surface area contributed by atoms with Crippen molar-refractivity contribution in [2.75, 3.05) is 33.0 Å². The highest BCUT2D eigenvalue weighted by Crippen LogP contribution is 2.33. The summed E-state index contributed by atoms with van der Waals surface area (Å²) in [5.74, 6) is 0.00285. The van der Waals surface area contributed by atoms with E-state index >= 15 is 0 Å². The number of amides is 1. The highest BCUT2D eigenvalue weighted by molar-refractivity contribution is 5.99. The molecule has 0 heterocycles. The number of carbonyl (C=O) groups is 1. The molecule has 1 aromatic rings. The Morgan fingerprint density at radius 1 is 1.25 bits per heavy atom. The number of hydrogen-bond acceptors (Lipinski definition) is 3. The number of hydrogen-bond donors (Lipinski definition) is 2. The average Bonchev–Trinajstić information content (AvgIpc) is 2.95. The van der Waals surface area contributed by atoms with E-state index in [-0.39, 0.29) is 11.4 Å². The highest BCUT2D eigenvalue weighted by atomic mass is 16.1. The fourth-order valence-corrected chi connectivity index (χ4v) is 3.05. The van der Waals surface area contributed by atoms with E-state index in [1.54, 1.807) is 0 Å². The van der Waals surface area contributed by atoms with Gasteiger partial charge in [0.1, 0.15) is 0 Å². The van der Waals surface area contributed by atoms with Crippen molar-refractivity contribution in [3.05, 3.63) is 29.8 Å². The summed E-state index contributed by atoms with van der Waals surface area (Å²) in [6.45, 7) is 0.719. The van der Waals surface area contributed by atoms with Crippen molar-refractivity contribution in [2.24, 2.45) is 0 Å². The summed E-state index contributed by atoms with van der Waals surface area (Å²) in [6.07, 6.45) is 4.82. The van der Waals surface area contributed by atoms with Crippen LogP contribution in [0.1, 0.15) is 36.0 Å². The van der Waals surface area contributed by atoms with Gasteiger partial charge in [0.15, 0.2) is 0 Å². The number of anilines is 1. The molecule has 0 saturated heterocycles. The van der Waals surface area contributed by atoms with Crippen molar-refractivity contribution in [3.63, 3.8) is 0 Å². The molecule has 2 N–H and O–H groups in total. The summed E-state index contributed by atoms with van der Waals surface area (Å²) in [5.41, 5.74) is 1.71. The Labute approximate surface area is 121 Å². The summed E-state index contributed by atoms with van der Waals surface area (Å²) in [6, 6.07) is 7.61. The lowest BCUT2D eigenvalue weighted by Crippen LogP contribution is -2.50. The molecule has 1 aliphatic rings. The molecule has 2 rings (SSSR count). The van der Waals surface area contributed by atoms with Gasteiger partial charge in [-0.15, -0.1) is 0 Å². The first-order valence-electron chi connectivity index (χ1n) is 7.31. The Morgan fingerprint density at radius 3 is 2.50 bits per heavy atom. The third-order valence-electron chi connectivity index (χ3n) is 4.50. The third-order valence-corrected chi connectivity index (χ3v) is 4.50. The van der Waals surface area contributed by atoms with Crippen molar-refractivity contribution >= 4 is 11.6 Å². The summed E-state index contributed by atoms with van der Waals surface area (Å²) in [4.78, 5) is 14.6. The number of likely N-dealkylation sites (N-methyl/N-ethyl adjacent to an activating group) is 1. The summed E-state index contributed by atoms with van der Waals surface area (Å²) in [7, 11) is 6.06. The molecule has 0 bridgehead atoms. The van der Waals surface area contributed by atoms with Crippen LogP contribution in [0.3, 0.4) is 0 Å². The van der Waals surface area contributed by atoms with E-state index in [1.165, 1.54) is 12.8 Å².